The molecule has 0 saturated carbocycles. The molecule has 1 fully saturated rings. The molecule has 4 nitrogen and oxygen atoms in total. The van der Waals surface area contributed by atoms with E-state index in [1.807, 2.05) is 6.20 Å². The number of hydrogen-bond donors (Lipinski definition) is 1. The molecule has 14 heavy (non-hydrogen) atoms. The Hall–Kier alpha value is -0.940. The second-order valence-corrected chi connectivity index (χ2v) is 4.22. The Bertz CT molecular complexity index is 313. The van der Waals surface area contributed by atoms with Crippen LogP contribution < -0.4 is 5.32 Å². The Kier molecular flexibility index (Phi) is 2.79. The minimum atomic E-state index is -0.131. The molecule has 2 atom stereocenters. The molecule has 1 aliphatic heterocycles. The molecule has 0 aromatic carbocycles. The van der Waals surface area contributed by atoms with Crippen LogP contribution in [0.25, 0.3) is 0 Å². The lowest BCUT2D eigenvalue weighted by Gasteiger charge is -2.13. The lowest BCUT2D eigenvalue weighted by Crippen LogP contribution is -2.22. The maximum Gasteiger partial charge on any atom is 0.310 e. The molecule has 0 radical (unpaired) electrons. The van der Waals surface area contributed by atoms with Gasteiger partial charge in [-0.3, -0.25) is 9.78 Å². The number of thiazole rings is 1. The van der Waals surface area contributed by atoms with Gasteiger partial charge in [0.1, 0.15) is 0 Å². The zero-order valence-corrected chi connectivity index (χ0v) is 8.71. The third-order valence-electron chi connectivity index (χ3n) is 2.54. The van der Waals surface area contributed by atoms with Crippen LogP contribution in [0.1, 0.15) is 10.8 Å². The molecule has 2 unspecified atom stereocenters. The van der Waals surface area contributed by atoms with Gasteiger partial charge in [0.05, 0.1) is 18.5 Å². The first-order chi connectivity index (χ1) is 6.83. The van der Waals surface area contributed by atoms with E-state index in [9.17, 15) is 4.79 Å². The molecule has 0 spiro atoms. The first kappa shape index (κ1) is 9.61. The average molecular weight is 212 g/mol. The van der Waals surface area contributed by atoms with Gasteiger partial charge < -0.3 is 10.1 Å². The highest BCUT2D eigenvalue weighted by Crippen LogP contribution is 2.30. The van der Waals surface area contributed by atoms with Crippen LogP contribution in [0.2, 0.25) is 0 Å². The molecule has 0 amide bonds. The summed E-state index contributed by atoms with van der Waals surface area (Å²) in [6.45, 7) is 1.54. The number of esters is 1. The molecule has 2 heterocycles. The van der Waals surface area contributed by atoms with Gasteiger partial charge in [-0.1, -0.05) is 0 Å². The van der Waals surface area contributed by atoms with E-state index >= 15 is 0 Å². The van der Waals surface area contributed by atoms with Crippen LogP contribution in [0, 0.1) is 5.92 Å². The van der Waals surface area contributed by atoms with E-state index in [2.05, 4.69) is 10.3 Å². The summed E-state index contributed by atoms with van der Waals surface area (Å²) in [6.07, 6.45) is 1.83. The lowest BCUT2D eigenvalue weighted by atomic mass is 9.95. The molecular formula is C9H12N2O2S. The molecule has 0 aliphatic carbocycles. The standard InChI is InChI=1S/C9H12N2O2S/c1-13-9(12)7-3-10-2-6(7)8-4-11-5-14-8/h4-7,10H,2-3H2,1H3. The van der Waals surface area contributed by atoms with Crippen LogP contribution in [-0.4, -0.2) is 31.2 Å². The van der Waals surface area contributed by atoms with E-state index in [1.165, 1.54) is 7.11 Å². The summed E-state index contributed by atoms with van der Waals surface area (Å²) in [5.41, 5.74) is 1.79. The monoisotopic (exact) mass is 212 g/mol. The molecule has 1 saturated heterocycles. The van der Waals surface area contributed by atoms with Crippen molar-refractivity contribution < 1.29 is 9.53 Å². The summed E-state index contributed by atoms with van der Waals surface area (Å²) in [4.78, 5) is 16.6. The highest BCUT2D eigenvalue weighted by atomic mass is 32.1. The van der Waals surface area contributed by atoms with E-state index in [4.69, 9.17) is 4.74 Å². The molecule has 1 N–H and O–H groups in total. The van der Waals surface area contributed by atoms with E-state index in [0.29, 0.717) is 6.54 Å². The molecular weight excluding hydrogens is 200 g/mol. The maximum atomic E-state index is 11.4. The molecule has 1 aliphatic rings. The van der Waals surface area contributed by atoms with Gasteiger partial charge in [0.2, 0.25) is 0 Å². The van der Waals surface area contributed by atoms with Crippen molar-refractivity contribution in [3.8, 4) is 0 Å². The van der Waals surface area contributed by atoms with Crippen LogP contribution in [0.4, 0.5) is 0 Å². The fourth-order valence-corrected chi connectivity index (χ4v) is 2.57. The number of nitrogens with zero attached hydrogens (tertiary/aromatic N) is 1. The van der Waals surface area contributed by atoms with Gasteiger partial charge in [-0.15, -0.1) is 11.3 Å². The van der Waals surface area contributed by atoms with Crippen LogP contribution in [0.5, 0.6) is 0 Å². The minimum Gasteiger partial charge on any atom is -0.469 e. The Morgan fingerprint density at radius 3 is 3.21 bits per heavy atom. The van der Waals surface area contributed by atoms with E-state index in [1.54, 1.807) is 16.8 Å². The highest BCUT2D eigenvalue weighted by molar-refractivity contribution is 7.09. The number of hydrogen-bond acceptors (Lipinski definition) is 5. The zero-order chi connectivity index (χ0) is 9.97. The predicted molar refractivity (Wildman–Crippen MR) is 53.2 cm³/mol. The fourth-order valence-electron chi connectivity index (χ4n) is 1.79. The average Bonchev–Trinajstić information content (AvgIpc) is 2.85. The Morgan fingerprint density at radius 1 is 1.71 bits per heavy atom. The van der Waals surface area contributed by atoms with Crippen molar-refractivity contribution in [3.63, 3.8) is 0 Å². The van der Waals surface area contributed by atoms with Gasteiger partial charge in [0.25, 0.3) is 0 Å². The van der Waals surface area contributed by atoms with Gasteiger partial charge in [-0.05, 0) is 0 Å². The van der Waals surface area contributed by atoms with Crippen molar-refractivity contribution in [1.82, 2.24) is 10.3 Å². The number of carbonyl (C=O) groups excluding carboxylic acids is 1. The summed E-state index contributed by atoms with van der Waals surface area (Å²) in [6, 6.07) is 0. The fraction of sp³-hybridized carbons (Fsp3) is 0.556. The summed E-state index contributed by atoms with van der Waals surface area (Å²) in [5, 5.41) is 3.20. The molecule has 76 valence electrons. The second-order valence-electron chi connectivity index (χ2n) is 3.30. The van der Waals surface area contributed by atoms with Gasteiger partial charge in [0, 0.05) is 30.1 Å². The van der Waals surface area contributed by atoms with Gasteiger partial charge in [-0.2, -0.15) is 0 Å². The van der Waals surface area contributed by atoms with Crippen LogP contribution >= 0.6 is 11.3 Å². The van der Waals surface area contributed by atoms with E-state index in [-0.39, 0.29) is 17.8 Å². The minimum absolute atomic E-state index is 0.0551. The van der Waals surface area contributed by atoms with E-state index in [0.717, 1.165) is 11.4 Å². The largest absolute Gasteiger partial charge is 0.469 e. The van der Waals surface area contributed by atoms with Crippen LogP contribution in [0.3, 0.4) is 0 Å². The normalized spacial score (nSPS) is 26.4. The van der Waals surface area contributed by atoms with Crippen molar-refractivity contribution >= 4 is 17.3 Å². The second kappa shape index (κ2) is 4.06. The van der Waals surface area contributed by atoms with Crippen LogP contribution in [0.15, 0.2) is 11.7 Å². The Morgan fingerprint density at radius 2 is 2.57 bits per heavy atom. The smallest absolute Gasteiger partial charge is 0.310 e. The van der Waals surface area contributed by atoms with Crippen molar-refractivity contribution in [3.05, 3.63) is 16.6 Å². The summed E-state index contributed by atoms with van der Waals surface area (Å²) < 4.78 is 4.77. The third-order valence-corrected chi connectivity index (χ3v) is 3.44. The predicted octanol–water partition coefficient (Wildman–Crippen LogP) is 0.619. The number of carbonyl (C=O) groups is 1. The first-order valence-corrected chi connectivity index (χ1v) is 5.38. The third kappa shape index (κ3) is 1.65. The maximum absolute atomic E-state index is 11.4. The number of aromatic nitrogens is 1. The van der Waals surface area contributed by atoms with Crippen molar-refractivity contribution in [1.29, 1.82) is 0 Å². The number of methoxy groups -OCH3 is 1. The Labute approximate surface area is 86.3 Å². The number of rotatable bonds is 2. The van der Waals surface area contributed by atoms with Crippen molar-refractivity contribution in [2.45, 2.75) is 5.92 Å². The van der Waals surface area contributed by atoms with Gasteiger partial charge >= 0.3 is 5.97 Å². The van der Waals surface area contributed by atoms with Gasteiger partial charge in [-0.25, -0.2) is 0 Å². The Balaban J connectivity index is 2.15. The van der Waals surface area contributed by atoms with Gasteiger partial charge in [0.15, 0.2) is 0 Å². The molecule has 1 aromatic heterocycles. The highest BCUT2D eigenvalue weighted by Gasteiger charge is 2.35. The van der Waals surface area contributed by atoms with E-state index < -0.39 is 0 Å². The van der Waals surface area contributed by atoms with Crippen LogP contribution in [-0.2, 0) is 9.53 Å². The summed E-state index contributed by atoms with van der Waals surface area (Å²) in [7, 11) is 1.43. The molecule has 0 bridgehead atoms. The summed E-state index contributed by atoms with van der Waals surface area (Å²) >= 11 is 1.59. The van der Waals surface area contributed by atoms with Crippen molar-refractivity contribution in [2.24, 2.45) is 5.92 Å². The number of nitrogens with one attached hydrogen (secondary N) is 1. The quantitative estimate of drug-likeness (QED) is 0.730. The first-order valence-electron chi connectivity index (χ1n) is 4.50. The topological polar surface area (TPSA) is 51.2 Å². The lowest BCUT2D eigenvalue weighted by molar-refractivity contribution is -0.145. The molecule has 5 heteroatoms. The zero-order valence-electron chi connectivity index (χ0n) is 7.90. The summed E-state index contributed by atoms with van der Waals surface area (Å²) in [5.74, 6) is 0.0452. The SMILES string of the molecule is COC(=O)C1CNCC1c1cncs1. The number of ether oxygens (including phenoxy) is 1. The molecule has 1 aromatic rings. The molecule has 2 rings (SSSR count). The van der Waals surface area contributed by atoms with Crippen molar-refractivity contribution in [2.75, 3.05) is 20.2 Å².